The van der Waals surface area contributed by atoms with Gasteiger partial charge in [0.25, 0.3) is 0 Å². The first-order chi connectivity index (χ1) is 9.93. The molecule has 8 nitrogen and oxygen atoms in total. The van der Waals surface area contributed by atoms with Crippen LogP contribution >= 0.6 is 0 Å². The molecule has 1 aliphatic heterocycles. The number of aliphatic hydroxyl groups is 1. The Morgan fingerprint density at radius 1 is 1.29 bits per heavy atom. The Balaban J connectivity index is 2.35. The molecule has 0 radical (unpaired) electrons. The van der Waals surface area contributed by atoms with Crippen LogP contribution in [-0.4, -0.2) is 41.1 Å². The van der Waals surface area contributed by atoms with Crippen molar-refractivity contribution in [2.75, 3.05) is 14.2 Å². The summed E-state index contributed by atoms with van der Waals surface area (Å²) in [5.74, 6) is -2.15. The summed E-state index contributed by atoms with van der Waals surface area (Å²) >= 11 is 0. The second-order valence-electron chi connectivity index (χ2n) is 4.32. The average molecular weight is 296 g/mol. The maximum absolute atomic E-state index is 11.8. The number of carbonyl (C=O) groups excluding carboxylic acids is 1. The zero-order valence-corrected chi connectivity index (χ0v) is 12.2. The monoisotopic (exact) mass is 296 g/mol. The smallest absolute Gasteiger partial charge is 0.377 e. The molecule has 2 heterocycles. The molecule has 0 aromatic carbocycles. The summed E-state index contributed by atoms with van der Waals surface area (Å²) in [4.78, 5) is 19.7. The molecule has 8 heteroatoms. The van der Waals surface area contributed by atoms with Gasteiger partial charge >= 0.3 is 12.0 Å². The molecule has 1 aliphatic rings. The lowest BCUT2D eigenvalue weighted by Crippen LogP contribution is -2.29. The Hall–Kier alpha value is -2.35. The number of methoxy groups -OCH3 is 2. The van der Waals surface area contributed by atoms with Gasteiger partial charge in [-0.3, -0.25) is 0 Å². The molecule has 0 fully saturated rings. The summed E-state index contributed by atoms with van der Waals surface area (Å²) in [7, 11) is 2.85. The van der Waals surface area contributed by atoms with Crippen molar-refractivity contribution >= 4 is 5.97 Å². The van der Waals surface area contributed by atoms with Crippen LogP contribution in [0.1, 0.15) is 20.3 Å². The Kier molecular flexibility index (Phi) is 3.99. The molecule has 1 aromatic heterocycles. The van der Waals surface area contributed by atoms with Crippen molar-refractivity contribution in [2.45, 2.75) is 26.1 Å². The van der Waals surface area contributed by atoms with Gasteiger partial charge in [-0.1, -0.05) is 6.92 Å². The van der Waals surface area contributed by atoms with Crippen molar-refractivity contribution in [3.63, 3.8) is 0 Å². The minimum Gasteiger partial charge on any atom is -0.481 e. The van der Waals surface area contributed by atoms with Gasteiger partial charge in [-0.25, -0.2) is 4.79 Å². The van der Waals surface area contributed by atoms with E-state index in [-0.39, 0.29) is 35.5 Å². The molecule has 0 amide bonds. The summed E-state index contributed by atoms with van der Waals surface area (Å²) in [6.45, 7) is 3.23. The Morgan fingerprint density at radius 2 is 1.86 bits per heavy atom. The van der Waals surface area contributed by atoms with Gasteiger partial charge in [-0.15, -0.1) is 0 Å². The van der Waals surface area contributed by atoms with E-state index in [9.17, 15) is 9.90 Å². The van der Waals surface area contributed by atoms with Crippen LogP contribution in [0.25, 0.3) is 0 Å². The molecule has 1 aromatic rings. The molecule has 1 N–H and O–H groups in total. The van der Waals surface area contributed by atoms with Gasteiger partial charge in [-0.05, 0) is 6.92 Å². The summed E-state index contributed by atoms with van der Waals surface area (Å²) < 4.78 is 20.2. The standard InChI is InChI=1S/C13H16N2O6/c1-5-13(17)7(2)10(11(16)21-13)20-12-14-8(18-3)6-9(15-12)19-4/h6,17H,5H2,1-4H3. The average Bonchev–Trinajstić information content (AvgIpc) is 2.71. The minimum absolute atomic E-state index is 0.141. The lowest BCUT2D eigenvalue weighted by atomic mass is 10.1. The minimum atomic E-state index is -1.66. The largest absolute Gasteiger partial charge is 0.481 e. The summed E-state index contributed by atoms with van der Waals surface area (Å²) in [6.07, 6.45) is 0.208. The van der Waals surface area contributed by atoms with E-state index in [1.807, 2.05) is 0 Å². The zero-order valence-electron chi connectivity index (χ0n) is 12.2. The molecular formula is C13H16N2O6. The lowest BCUT2D eigenvalue weighted by molar-refractivity contribution is -0.182. The van der Waals surface area contributed by atoms with E-state index in [0.29, 0.717) is 0 Å². The third-order valence-corrected chi connectivity index (χ3v) is 3.12. The van der Waals surface area contributed by atoms with Gasteiger partial charge in [0.15, 0.2) is 0 Å². The highest BCUT2D eigenvalue weighted by atomic mass is 16.7. The van der Waals surface area contributed by atoms with E-state index in [1.54, 1.807) is 13.8 Å². The molecule has 21 heavy (non-hydrogen) atoms. The van der Waals surface area contributed by atoms with E-state index in [0.717, 1.165) is 0 Å². The van der Waals surface area contributed by atoms with Crippen LogP contribution in [0, 0.1) is 0 Å². The summed E-state index contributed by atoms with van der Waals surface area (Å²) in [5.41, 5.74) is 0.264. The first kappa shape index (κ1) is 15.0. The quantitative estimate of drug-likeness (QED) is 0.796. The van der Waals surface area contributed by atoms with Crippen molar-refractivity contribution in [1.29, 1.82) is 0 Å². The maximum atomic E-state index is 11.8. The van der Waals surface area contributed by atoms with E-state index >= 15 is 0 Å². The molecule has 114 valence electrons. The SMILES string of the molecule is CCC1(O)OC(=O)C(Oc2nc(OC)cc(OC)n2)=C1C. The number of aromatic nitrogens is 2. The van der Waals surface area contributed by atoms with Crippen LogP contribution in [0.3, 0.4) is 0 Å². The van der Waals surface area contributed by atoms with Gasteiger partial charge in [0.1, 0.15) is 0 Å². The van der Waals surface area contributed by atoms with Crippen LogP contribution in [0.5, 0.6) is 17.8 Å². The van der Waals surface area contributed by atoms with E-state index in [2.05, 4.69) is 9.97 Å². The molecular weight excluding hydrogens is 280 g/mol. The van der Waals surface area contributed by atoms with E-state index in [1.165, 1.54) is 20.3 Å². The van der Waals surface area contributed by atoms with Crippen molar-refractivity contribution in [2.24, 2.45) is 0 Å². The first-order valence-corrected chi connectivity index (χ1v) is 6.25. The molecule has 0 bridgehead atoms. The van der Waals surface area contributed by atoms with Gasteiger partial charge in [-0.2, -0.15) is 9.97 Å². The van der Waals surface area contributed by atoms with E-state index < -0.39 is 11.8 Å². The number of carbonyl (C=O) groups is 1. The predicted octanol–water partition coefficient (Wildman–Crippen LogP) is 0.802. The van der Waals surface area contributed by atoms with Crippen LogP contribution in [-0.2, 0) is 9.53 Å². The predicted molar refractivity (Wildman–Crippen MR) is 69.8 cm³/mol. The maximum Gasteiger partial charge on any atom is 0.377 e. The van der Waals surface area contributed by atoms with Crippen LogP contribution in [0.4, 0.5) is 0 Å². The number of ether oxygens (including phenoxy) is 4. The van der Waals surface area contributed by atoms with Crippen LogP contribution in [0.15, 0.2) is 17.4 Å². The Labute approximate surface area is 121 Å². The molecule has 0 aliphatic carbocycles. The number of rotatable bonds is 5. The third kappa shape index (κ3) is 2.75. The molecule has 1 atom stereocenters. The van der Waals surface area contributed by atoms with Crippen LogP contribution in [0.2, 0.25) is 0 Å². The fraction of sp³-hybridized carbons (Fsp3) is 0.462. The normalized spacial score (nSPS) is 21.3. The molecule has 0 saturated carbocycles. The van der Waals surface area contributed by atoms with Gasteiger partial charge < -0.3 is 24.1 Å². The van der Waals surface area contributed by atoms with Crippen LogP contribution < -0.4 is 14.2 Å². The Bertz CT molecular complexity index is 578. The molecule has 0 spiro atoms. The van der Waals surface area contributed by atoms with Crippen molar-refractivity contribution < 1.29 is 28.8 Å². The van der Waals surface area contributed by atoms with Gasteiger partial charge in [0.05, 0.1) is 20.3 Å². The number of cyclic esters (lactones) is 1. The summed E-state index contributed by atoms with van der Waals surface area (Å²) in [6, 6.07) is 1.32. The third-order valence-electron chi connectivity index (χ3n) is 3.12. The molecule has 2 rings (SSSR count). The lowest BCUT2D eigenvalue weighted by Gasteiger charge is -2.19. The van der Waals surface area contributed by atoms with Gasteiger partial charge in [0, 0.05) is 12.0 Å². The van der Waals surface area contributed by atoms with Crippen molar-refractivity contribution in [1.82, 2.24) is 9.97 Å². The highest BCUT2D eigenvalue weighted by molar-refractivity contribution is 5.90. The van der Waals surface area contributed by atoms with Crippen molar-refractivity contribution in [3.8, 4) is 17.8 Å². The fourth-order valence-electron chi connectivity index (χ4n) is 1.79. The molecule has 0 saturated heterocycles. The summed E-state index contributed by atoms with van der Waals surface area (Å²) in [5, 5.41) is 10.1. The van der Waals surface area contributed by atoms with E-state index in [4.69, 9.17) is 18.9 Å². The fourth-order valence-corrected chi connectivity index (χ4v) is 1.79. The second-order valence-corrected chi connectivity index (χ2v) is 4.32. The second kappa shape index (κ2) is 5.57. The molecule has 1 unspecified atom stereocenters. The van der Waals surface area contributed by atoms with Gasteiger partial charge in [0.2, 0.25) is 23.3 Å². The number of esters is 1. The zero-order chi connectivity index (χ0) is 15.6. The number of hydrogen-bond acceptors (Lipinski definition) is 8. The highest BCUT2D eigenvalue weighted by Crippen LogP contribution is 2.34. The number of hydrogen-bond donors (Lipinski definition) is 1. The Morgan fingerprint density at radius 3 is 2.29 bits per heavy atom. The number of nitrogens with zero attached hydrogens (tertiary/aromatic N) is 2. The first-order valence-electron chi connectivity index (χ1n) is 6.25. The van der Waals surface area contributed by atoms with Crippen molar-refractivity contribution in [3.05, 3.63) is 17.4 Å². The highest BCUT2D eigenvalue weighted by Gasteiger charge is 2.44. The topological polar surface area (TPSA) is 100 Å².